The van der Waals surface area contributed by atoms with Gasteiger partial charge in [-0.05, 0) is 18.6 Å². The molecule has 0 amide bonds. The summed E-state index contributed by atoms with van der Waals surface area (Å²) in [5.74, 6) is 0.893. The minimum atomic E-state index is 0. The highest BCUT2D eigenvalue weighted by atomic mass is 127. The summed E-state index contributed by atoms with van der Waals surface area (Å²) in [6, 6.07) is 8.25. The summed E-state index contributed by atoms with van der Waals surface area (Å²) in [6.07, 6.45) is 2.84. The zero-order valence-electron chi connectivity index (χ0n) is 13.5. The van der Waals surface area contributed by atoms with Gasteiger partial charge in [-0.1, -0.05) is 34.1 Å². The van der Waals surface area contributed by atoms with E-state index < -0.39 is 0 Å². The fourth-order valence-electron chi connectivity index (χ4n) is 2.14. The molecule has 0 fully saturated rings. The number of rotatable bonds is 5. The minimum Gasteiger partial charge on any atom is -0.356 e. The van der Waals surface area contributed by atoms with E-state index in [2.05, 4.69) is 61.2 Å². The summed E-state index contributed by atoms with van der Waals surface area (Å²) in [4.78, 5) is 12.1. The molecule has 23 heavy (non-hydrogen) atoms. The first-order valence-corrected chi connectivity index (χ1v) is 8.77. The molecule has 0 aliphatic rings. The number of benzene rings is 1. The standard InChI is InChI=1S/C16H21BrN4S.HI/c1-12-10-20-15(22-12)8-9-19-16(18-2)21(3)11-13-6-4-5-7-14(13)17;/h4-7,10H,8-9,11H2,1-3H3,(H,18,19);1H. The lowest BCUT2D eigenvalue weighted by Crippen LogP contribution is -2.39. The molecule has 0 aliphatic heterocycles. The summed E-state index contributed by atoms with van der Waals surface area (Å²) in [7, 11) is 3.86. The minimum absolute atomic E-state index is 0. The van der Waals surface area contributed by atoms with Gasteiger partial charge in [-0.2, -0.15) is 0 Å². The number of guanidine groups is 1. The number of aliphatic imine (C=N–C) groups is 1. The number of aromatic nitrogens is 1. The van der Waals surface area contributed by atoms with Crippen LogP contribution in [-0.4, -0.2) is 36.5 Å². The molecule has 1 aromatic heterocycles. The second-order valence-electron chi connectivity index (χ2n) is 5.04. The third kappa shape index (κ3) is 6.39. The summed E-state index contributed by atoms with van der Waals surface area (Å²) >= 11 is 5.34. The predicted molar refractivity (Wildman–Crippen MR) is 113 cm³/mol. The third-order valence-corrected chi connectivity index (χ3v) is 4.98. The maximum Gasteiger partial charge on any atom is 0.193 e. The monoisotopic (exact) mass is 508 g/mol. The van der Waals surface area contributed by atoms with Crippen molar-refractivity contribution in [3.8, 4) is 0 Å². The van der Waals surface area contributed by atoms with Gasteiger partial charge in [-0.25, -0.2) is 4.98 Å². The van der Waals surface area contributed by atoms with Crippen molar-refractivity contribution in [2.24, 2.45) is 4.99 Å². The molecular formula is C16H22BrIN4S. The average Bonchev–Trinajstić information content (AvgIpc) is 2.91. The van der Waals surface area contributed by atoms with E-state index in [1.807, 2.05) is 26.4 Å². The first-order valence-electron chi connectivity index (χ1n) is 7.16. The first-order chi connectivity index (χ1) is 10.6. The van der Waals surface area contributed by atoms with Crippen LogP contribution in [0, 0.1) is 6.92 Å². The maximum absolute atomic E-state index is 4.38. The van der Waals surface area contributed by atoms with Crippen LogP contribution in [0.5, 0.6) is 0 Å². The largest absolute Gasteiger partial charge is 0.356 e. The van der Waals surface area contributed by atoms with Crippen LogP contribution >= 0.6 is 51.2 Å². The summed E-state index contributed by atoms with van der Waals surface area (Å²) in [5, 5.41) is 4.55. The lowest BCUT2D eigenvalue weighted by molar-refractivity contribution is 0.476. The molecule has 4 nitrogen and oxygen atoms in total. The molecule has 126 valence electrons. The Kier molecular flexibility index (Phi) is 9.08. The average molecular weight is 509 g/mol. The molecule has 1 heterocycles. The van der Waals surface area contributed by atoms with Crippen LogP contribution in [0.15, 0.2) is 39.9 Å². The Hall–Kier alpha value is -0.670. The van der Waals surface area contributed by atoms with Gasteiger partial charge in [-0.3, -0.25) is 4.99 Å². The van der Waals surface area contributed by atoms with Crippen LogP contribution in [0.1, 0.15) is 15.4 Å². The molecular weight excluding hydrogens is 487 g/mol. The van der Waals surface area contributed by atoms with Gasteiger partial charge in [0.05, 0.1) is 5.01 Å². The molecule has 0 saturated heterocycles. The molecule has 0 atom stereocenters. The van der Waals surface area contributed by atoms with Crippen molar-refractivity contribution >= 4 is 57.2 Å². The van der Waals surface area contributed by atoms with Crippen LogP contribution in [-0.2, 0) is 13.0 Å². The van der Waals surface area contributed by atoms with Crippen LogP contribution in [0.3, 0.4) is 0 Å². The van der Waals surface area contributed by atoms with Crippen molar-refractivity contribution in [1.82, 2.24) is 15.2 Å². The van der Waals surface area contributed by atoms with Crippen molar-refractivity contribution in [3.05, 3.63) is 50.4 Å². The van der Waals surface area contributed by atoms with Gasteiger partial charge >= 0.3 is 0 Å². The van der Waals surface area contributed by atoms with E-state index in [0.717, 1.165) is 35.0 Å². The number of halogens is 2. The first kappa shape index (κ1) is 20.4. The molecule has 2 aromatic rings. The van der Waals surface area contributed by atoms with E-state index in [0.29, 0.717) is 0 Å². The number of nitrogens with one attached hydrogen (secondary N) is 1. The lowest BCUT2D eigenvalue weighted by Gasteiger charge is -2.22. The van der Waals surface area contributed by atoms with E-state index in [-0.39, 0.29) is 24.0 Å². The van der Waals surface area contributed by atoms with Crippen LogP contribution < -0.4 is 5.32 Å². The van der Waals surface area contributed by atoms with Crippen LogP contribution in [0.4, 0.5) is 0 Å². The third-order valence-electron chi connectivity index (χ3n) is 3.23. The van der Waals surface area contributed by atoms with Gasteiger partial charge in [-0.15, -0.1) is 35.3 Å². The quantitative estimate of drug-likeness (QED) is 0.376. The maximum atomic E-state index is 4.38. The van der Waals surface area contributed by atoms with Gasteiger partial charge in [0.1, 0.15) is 0 Å². The Bertz CT molecular complexity index is 645. The number of hydrogen-bond acceptors (Lipinski definition) is 3. The predicted octanol–water partition coefficient (Wildman–Crippen LogP) is 4.08. The SMILES string of the molecule is CN=C(NCCc1ncc(C)s1)N(C)Cc1ccccc1Br.I. The molecule has 1 N–H and O–H groups in total. The van der Waals surface area contributed by atoms with Crippen molar-refractivity contribution < 1.29 is 0 Å². The molecule has 7 heteroatoms. The number of aryl methyl sites for hydroxylation is 1. The van der Waals surface area contributed by atoms with Crippen LogP contribution in [0.2, 0.25) is 0 Å². The lowest BCUT2D eigenvalue weighted by atomic mass is 10.2. The topological polar surface area (TPSA) is 40.5 Å². The second kappa shape index (κ2) is 10.2. The summed E-state index contributed by atoms with van der Waals surface area (Å²) in [5.41, 5.74) is 1.24. The zero-order chi connectivity index (χ0) is 15.9. The fraction of sp³-hybridized carbons (Fsp3) is 0.375. The molecule has 0 spiro atoms. The smallest absolute Gasteiger partial charge is 0.193 e. The van der Waals surface area contributed by atoms with E-state index in [9.17, 15) is 0 Å². The number of thiazole rings is 1. The van der Waals surface area contributed by atoms with Crippen molar-refractivity contribution in [3.63, 3.8) is 0 Å². The van der Waals surface area contributed by atoms with E-state index in [1.54, 1.807) is 11.3 Å². The van der Waals surface area contributed by atoms with Gasteiger partial charge in [0.25, 0.3) is 0 Å². The van der Waals surface area contributed by atoms with Crippen molar-refractivity contribution in [2.75, 3.05) is 20.6 Å². The Morgan fingerprint density at radius 1 is 1.39 bits per heavy atom. The van der Waals surface area contributed by atoms with Gasteiger partial charge in [0, 0.05) is 49.2 Å². The van der Waals surface area contributed by atoms with E-state index >= 15 is 0 Å². The summed E-state index contributed by atoms with van der Waals surface area (Å²) < 4.78 is 1.12. The fourth-order valence-corrected chi connectivity index (χ4v) is 3.34. The molecule has 0 bridgehead atoms. The molecule has 2 rings (SSSR count). The van der Waals surface area contributed by atoms with Crippen LogP contribution in [0.25, 0.3) is 0 Å². The Morgan fingerprint density at radius 3 is 2.74 bits per heavy atom. The van der Waals surface area contributed by atoms with Gasteiger partial charge in [0.2, 0.25) is 0 Å². The van der Waals surface area contributed by atoms with Gasteiger partial charge in [0.15, 0.2) is 5.96 Å². The highest BCUT2D eigenvalue weighted by Gasteiger charge is 2.08. The Labute approximate surface area is 167 Å². The van der Waals surface area contributed by atoms with E-state index in [4.69, 9.17) is 0 Å². The molecule has 0 unspecified atom stereocenters. The summed E-state index contributed by atoms with van der Waals surface area (Å²) in [6.45, 7) is 3.72. The number of nitrogens with zero attached hydrogens (tertiary/aromatic N) is 3. The zero-order valence-corrected chi connectivity index (χ0v) is 18.3. The Morgan fingerprint density at radius 2 is 2.13 bits per heavy atom. The molecule has 0 radical (unpaired) electrons. The highest BCUT2D eigenvalue weighted by molar-refractivity contribution is 14.0. The van der Waals surface area contributed by atoms with E-state index in [1.165, 1.54) is 10.4 Å². The second-order valence-corrected chi connectivity index (χ2v) is 7.21. The number of hydrogen-bond donors (Lipinski definition) is 1. The molecule has 0 aliphatic carbocycles. The Balaban J connectivity index is 0.00000264. The molecule has 0 saturated carbocycles. The van der Waals surface area contributed by atoms with Gasteiger partial charge < -0.3 is 10.2 Å². The normalized spacial score (nSPS) is 11.0. The van der Waals surface area contributed by atoms with Crippen molar-refractivity contribution in [2.45, 2.75) is 19.9 Å². The molecule has 1 aromatic carbocycles. The highest BCUT2D eigenvalue weighted by Crippen LogP contribution is 2.17. The van der Waals surface area contributed by atoms with Crippen molar-refractivity contribution in [1.29, 1.82) is 0 Å².